The average molecular weight is 484 g/mol. The maximum Gasteiger partial charge on any atom is 0.573 e. The number of hydrogen-bond acceptors (Lipinski definition) is 7. The Morgan fingerprint density at radius 2 is 1.91 bits per heavy atom. The standard InChI is InChI=1S/C19H20F4N8O3/c1-24-18(33)15-10-31(28-26-15)9-13(20)5-6-30-11-16(27-29-30)25-17(32)8-12-3-2-4-14(7-12)34-19(21,22)23/h2-4,7,10-11,13H,5-6,8-9H2,1H3,(H,24,33)(H,25,32). The molecular formula is C19H20F4N8O3. The summed E-state index contributed by atoms with van der Waals surface area (Å²) < 4.78 is 57.6. The molecule has 0 fully saturated rings. The molecule has 2 aromatic heterocycles. The van der Waals surface area contributed by atoms with E-state index in [1.807, 2.05) is 0 Å². The molecule has 3 rings (SSSR count). The second kappa shape index (κ2) is 10.7. The van der Waals surface area contributed by atoms with Crippen LogP contribution in [0.15, 0.2) is 36.7 Å². The van der Waals surface area contributed by atoms with Gasteiger partial charge in [-0.1, -0.05) is 22.6 Å². The predicted octanol–water partition coefficient (Wildman–Crippen LogP) is 1.74. The second-order valence-electron chi connectivity index (χ2n) is 7.08. The first-order valence-electron chi connectivity index (χ1n) is 9.92. The van der Waals surface area contributed by atoms with Crippen LogP contribution in [0.3, 0.4) is 0 Å². The number of aromatic nitrogens is 6. The van der Waals surface area contributed by atoms with Gasteiger partial charge in [0.15, 0.2) is 11.5 Å². The van der Waals surface area contributed by atoms with E-state index in [-0.39, 0.29) is 37.4 Å². The first-order chi connectivity index (χ1) is 16.1. The summed E-state index contributed by atoms with van der Waals surface area (Å²) in [4.78, 5) is 23.6. The molecule has 0 aliphatic rings. The Balaban J connectivity index is 1.46. The molecule has 0 spiro atoms. The zero-order valence-corrected chi connectivity index (χ0v) is 17.8. The van der Waals surface area contributed by atoms with E-state index in [2.05, 4.69) is 36.0 Å². The van der Waals surface area contributed by atoms with Crippen LogP contribution >= 0.6 is 0 Å². The van der Waals surface area contributed by atoms with E-state index < -0.39 is 30.1 Å². The van der Waals surface area contributed by atoms with E-state index in [9.17, 15) is 27.2 Å². The largest absolute Gasteiger partial charge is 0.573 e. The third kappa shape index (κ3) is 7.53. The first kappa shape index (κ1) is 24.6. The number of carbonyl (C=O) groups is 2. The minimum Gasteiger partial charge on any atom is -0.406 e. The summed E-state index contributed by atoms with van der Waals surface area (Å²) in [6.07, 6.45) is -3.58. The highest BCUT2D eigenvalue weighted by Gasteiger charge is 2.31. The molecule has 1 atom stereocenters. The second-order valence-corrected chi connectivity index (χ2v) is 7.08. The lowest BCUT2D eigenvalue weighted by molar-refractivity contribution is -0.274. The van der Waals surface area contributed by atoms with Crippen LogP contribution < -0.4 is 15.4 Å². The molecule has 0 aliphatic carbocycles. The van der Waals surface area contributed by atoms with Gasteiger partial charge in [-0.05, 0) is 17.7 Å². The maximum absolute atomic E-state index is 14.3. The van der Waals surface area contributed by atoms with Crippen molar-refractivity contribution in [2.75, 3.05) is 12.4 Å². The number of nitrogens with one attached hydrogen (secondary N) is 2. The van der Waals surface area contributed by atoms with E-state index in [1.54, 1.807) is 0 Å². The van der Waals surface area contributed by atoms with Crippen molar-refractivity contribution in [1.29, 1.82) is 0 Å². The fourth-order valence-electron chi connectivity index (χ4n) is 2.88. The zero-order valence-electron chi connectivity index (χ0n) is 17.8. The molecule has 0 saturated carbocycles. The van der Waals surface area contributed by atoms with Gasteiger partial charge >= 0.3 is 6.36 Å². The van der Waals surface area contributed by atoms with E-state index in [4.69, 9.17) is 0 Å². The highest BCUT2D eigenvalue weighted by molar-refractivity contribution is 5.91. The van der Waals surface area contributed by atoms with Crippen molar-refractivity contribution >= 4 is 17.6 Å². The summed E-state index contributed by atoms with van der Waals surface area (Å²) in [6, 6.07) is 5.06. The SMILES string of the molecule is CNC(=O)c1cn(CC(F)CCn2cc(NC(=O)Cc3cccc(OC(F)(F)F)c3)nn2)nn1. The molecule has 0 saturated heterocycles. The van der Waals surface area contributed by atoms with Crippen molar-refractivity contribution < 1.29 is 31.9 Å². The average Bonchev–Trinajstić information content (AvgIpc) is 3.40. The van der Waals surface area contributed by atoms with Crippen molar-refractivity contribution in [2.24, 2.45) is 0 Å². The lowest BCUT2D eigenvalue weighted by Gasteiger charge is -2.09. The van der Waals surface area contributed by atoms with Gasteiger partial charge in [-0.3, -0.25) is 14.3 Å². The number of ether oxygens (including phenoxy) is 1. The quantitative estimate of drug-likeness (QED) is 0.420. The van der Waals surface area contributed by atoms with Crippen LogP contribution in [-0.4, -0.2) is 61.4 Å². The Labute approximate surface area is 190 Å². The van der Waals surface area contributed by atoms with Crippen molar-refractivity contribution in [3.63, 3.8) is 0 Å². The van der Waals surface area contributed by atoms with Gasteiger partial charge in [0.2, 0.25) is 5.91 Å². The molecule has 2 heterocycles. The molecule has 2 N–H and O–H groups in total. The van der Waals surface area contributed by atoms with E-state index >= 15 is 0 Å². The van der Waals surface area contributed by atoms with Crippen LogP contribution in [0.5, 0.6) is 5.75 Å². The molecule has 34 heavy (non-hydrogen) atoms. The number of aryl methyl sites for hydroxylation is 1. The van der Waals surface area contributed by atoms with Gasteiger partial charge in [0, 0.05) is 20.0 Å². The van der Waals surface area contributed by atoms with Gasteiger partial charge in [-0.2, -0.15) is 0 Å². The normalized spacial score (nSPS) is 12.3. The summed E-state index contributed by atoms with van der Waals surface area (Å²) in [5, 5.41) is 19.8. The minimum absolute atomic E-state index is 0.0535. The molecule has 11 nitrogen and oxygen atoms in total. The van der Waals surface area contributed by atoms with Crippen molar-refractivity contribution in [3.05, 3.63) is 47.9 Å². The van der Waals surface area contributed by atoms with Gasteiger partial charge in [0.25, 0.3) is 5.91 Å². The molecule has 182 valence electrons. The van der Waals surface area contributed by atoms with E-state index in [1.165, 1.54) is 40.9 Å². The number of nitrogens with zero attached hydrogens (tertiary/aromatic N) is 6. The first-order valence-corrected chi connectivity index (χ1v) is 9.92. The van der Waals surface area contributed by atoms with Crippen LogP contribution in [-0.2, 0) is 24.3 Å². The Bertz CT molecular complexity index is 1130. The molecule has 1 aromatic carbocycles. The summed E-state index contributed by atoms with van der Waals surface area (Å²) in [7, 11) is 1.44. The summed E-state index contributed by atoms with van der Waals surface area (Å²) in [5.41, 5.74) is 0.380. The van der Waals surface area contributed by atoms with Crippen LogP contribution in [0.1, 0.15) is 22.5 Å². The number of rotatable bonds is 10. The van der Waals surface area contributed by atoms with Gasteiger partial charge in [0.05, 0.1) is 25.4 Å². The predicted molar refractivity (Wildman–Crippen MR) is 108 cm³/mol. The zero-order chi connectivity index (χ0) is 24.7. The Hall–Kier alpha value is -4.04. The Kier molecular flexibility index (Phi) is 7.75. The van der Waals surface area contributed by atoms with Crippen LogP contribution in [0.25, 0.3) is 0 Å². The highest BCUT2D eigenvalue weighted by atomic mass is 19.4. The van der Waals surface area contributed by atoms with Crippen molar-refractivity contribution in [1.82, 2.24) is 35.3 Å². The highest BCUT2D eigenvalue weighted by Crippen LogP contribution is 2.23. The molecule has 0 aliphatic heterocycles. The van der Waals surface area contributed by atoms with Crippen LogP contribution in [0.2, 0.25) is 0 Å². The Morgan fingerprint density at radius 1 is 1.15 bits per heavy atom. The lowest BCUT2D eigenvalue weighted by Crippen LogP contribution is -2.18. The molecule has 0 bridgehead atoms. The van der Waals surface area contributed by atoms with Crippen LogP contribution in [0.4, 0.5) is 23.4 Å². The van der Waals surface area contributed by atoms with Crippen molar-refractivity contribution in [3.8, 4) is 5.75 Å². The number of amides is 2. The molecule has 15 heteroatoms. The van der Waals surface area contributed by atoms with E-state index in [0.717, 1.165) is 12.1 Å². The van der Waals surface area contributed by atoms with Crippen LogP contribution in [0, 0.1) is 0 Å². The van der Waals surface area contributed by atoms with Crippen molar-refractivity contribution in [2.45, 2.75) is 38.5 Å². The van der Waals surface area contributed by atoms with Gasteiger partial charge in [-0.25, -0.2) is 9.07 Å². The summed E-state index contributed by atoms with van der Waals surface area (Å²) >= 11 is 0. The molecule has 2 amide bonds. The fourth-order valence-corrected chi connectivity index (χ4v) is 2.88. The minimum atomic E-state index is -4.83. The molecule has 1 unspecified atom stereocenters. The van der Waals surface area contributed by atoms with Gasteiger partial charge in [-0.15, -0.1) is 23.4 Å². The number of hydrogen-bond donors (Lipinski definition) is 2. The fraction of sp³-hybridized carbons (Fsp3) is 0.368. The number of halogens is 4. The number of alkyl halides is 4. The summed E-state index contributed by atoms with van der Waals surface area (Å²) in [6.45, 7) is 0.0390. The van der Waals surface area contributed by atoms with Gasteiger partial charge < -0.3 is 15.4 Å². The summed E-state index contributed by atoms with van der Waals surface area (Å²) in [5.74, 6) is -1.28. The number of benzene rings is 1. The smallest absolute Gasteiger partial charge is 0.406 e. The maximum atomic E-state index is 14.3. The number of anilines is 1. The third-order valence-electron chi connectivity index (χ3n) is 4.36. The molecular weight excluding hydrogens is 464 g/mol. The molecule has 3 aromatic rings. The molecule has 0 radical (unpaired) electrons. The monoisotopic (exact) mass is 484 g/mol. The number of carbonyl (C=O) groups excluding carboxylic acids is 2. The topological polar surface area (TPSA) is 129 Å². The lowest BCUT2D eigenvalue weighted by atomic mass is 10.1. The van der Waals surface area contributed by atoms with Gasteiger partial charge in [0.1, 0.15) is 11.9 Å². The Morgan fingerprint density at radius 3 is 2.65 bits per heavy atom. The van der Waals surface area contributed by atoms with E-state index in [0.29, 0.717) is 5.56 Å². The third-order valence-corrected chi connectivity index (χ3v) is 4.36.